The lowest BCUT2D eigenvalue weighted by atomic mass is 10.1. The molecule has 4 rings (SSSR count). The van der Waals surface area contributed by atoms with Crippen molar-refractivity contribution in [2.45, 2.75) is 19.1 Å². The molecule has 1 aliphatic rings. The minimum Gasteiger partial charge on any atom is -0.480 e. The van der Waals surface area contributed by atoms with E-state index >= 15 is 0 Å². The average molecular weight is 398 g/mol. The van der Waals surface area contributed by atoms with Crippen molar-refractivity contribution in [3.63, 3.8) is 0 Å². The molecule has 126 valence electrons. The van der Waals surface area contributed by atoms with Crippen LogP contribution < -0.4 is 10.1 Å². The maximum atomic E-state index is 12.6. The molecule has 1 N–H and O–H groups in total. The van der Waals surface area contributed by atoms with E-state index in [9.17, 15) is 4.79 Å². The van der Waals surface area contributed by atoms with Crippen molar-refractivity contribution in [1.82, 2.24) is 9.78 Å². The van der Waals surface area contributed by atoms with Gasteiger partial charge in [0.15, 0.2) is 6.10 Å². The molecule has 25 heavy (non-hydrogen) atoms. The summed E-state index contributed by atoms with van der Waals surface area (Å²) in [5.74, 6) is 1.27. The van der Waals surface area contributed by atoms with Crippen LogP contribution in [-0.4, -0.2) is 21.8 Å². The van der Waals surface area contributed by atoms with Crippen molar-refractivity contribution >= 4 is 27.7 Å². The molecule has 0 saturated heterocycles. The molecule has 0 aliphatic carbocycles. The summed E-state index contributed by atoms with van der Waals surface area (Å²) in [6, 6.07) is 17.5. The Morgan fingerprint density at radius 2 is 2.00 bits per heavy atom. The summed E-state index contributed by atoms with van der Waals surface area (Å²) in [7, 11) is 0. The van der Waals surface area contributed by atoms with Crippen LogP contribution in [0.4, 0.5) is 5.82 Å². The van der Waals surface area contributed by atoms with Gasteiger partial charge in [0, 0.05) is 17.0 Å². The Morgan fingerprint density at radius 1 is 1.20 bits per heavy atom. The summed E-state index contributed by atoms with van der Waals surface area (Å²) in [5.41, 5.74) is 2.15. The molecule has 2 aromatic carbocycles. The normalized spacial score (nSPS) is 15.5. The third-order valence-electron chi connectivity index (χ3n) is 4.19. The van der Waals surface area contributed by atoms with Crippen LogP contribution in [0.1, 0.15) is 11.1 Å². The first-order valence-electron chi connectivity index (χ1n) is 8.01. The Hall–Kier alpha value is -2.60. The number of benzene rings is 2. The average Bonchev–Trinajstić information content (AvgIpc) is 3.23. The second kappa shape index (κ2) is 6.72. The van der Waals surface area contributed by atoms with E-state index < -0.39 is 6.10 Å². The molecule has 0 bridgehead atoms. The number of nitrogens with one attached hydrogen (secondary N) is 1. The molecule has 0 fully saturated rings. The highest BCUT2D eigenvalue weighted by atomic mass is 79.9. The molecule has 3 aromatic rings. The van der Waals surface area contributed by atoms with Crippen molar-refractivity contribution in [1.29, 1.82) is 0 Å². The second-order valence-corrected chi connectivity index (χ2v) is 6.73. The number of carbonyl (C=O) groups excluding carboxylic acids is 1. The van der Waals surface area contributed by atoms with Crippen LogP contribution in [0.15, 0.2) is 65.3 Å². The van der Waals surface area contributed by atoms with E-state index in [1.54, 1.807) is 16.9 Å². The lowest BCUT2D eigenvalue weighted by Crippen LogP contribution is -2.32. The molecule has 5 nitrogen and oxygen atoms in total. The summed E-state index contributed by atoms with van der Waals surface area (Å²) in [4.78, 5) is 12.6. The van der Waals surface area contributed by atoms with Crippen molar-refractivity contribution in [3.8, 4) is 5.75 Å². The summed E-state index contributed by atoms with van der Waals surface area (Å²) in [6.07, 6.45) is 1.75. The summed E-state index contributed by atoms with van der Waals surface area (Å²) >= 11 is 3.54. The number of ether oxygens (including phenoxy) is 1. The van der Waals surface area contributed by atoms with Crippen LogP contribution in [0.5, 0.6) is 5.75 Å². The van der Waals surface area contributed by atoms with E-state index in [0.717, 1.165) is 21.3 Å². The number of hydrogen-bond acceptors (Lipinski definition) is 3. The van der Waals surface area contributed by atoms with Crippen LogP contribution in [0.2, 0.25) is 0 Å². The molecule has 1 amide bonds. The van der Waals surface area contributed by atoms with E-state index in [2.05, 4.69) is 26.3 Å². The standard InChI is InChI=1S/C19H16BrN3O2/c20-15-7-3-1-6-14(15)12-23-18(9-10-21-23)22-19(24)17-11-13-5-2-4-8-16(13)25-17/h1-10,17H,11-12H2,(H,22,24). The highest BCUT2D eigenvalue weighted by molar-refractivity contribution is 9.10. The monoisotopic (exact) mass is 397 g/mol. The Bertz CT molecular complexity index is 897. The number of anilines is 1. The predicted octanol–water partition coefficient (Wildman–Crippen LogP) is 3.64. The minimum atomic E-state index is -0.510. The first kappa shape index (κ1) is 15.9. The lowest BCUT2D eigenvalue weighted by molar-refractivity contribution is -0.122. The van der Waals surface area contributed by atoms with E-state index in [1.165, 1.54) is 0 Å². The van der Waals surface area contributed by atoms with Crippen molar-refractivity contribution in [2.24, 2.45) is 0 Å². The topological polar surface area (TPSA) is 56.2 Å². The zero-order valence-corrected chi connectivity index (χ0v) is 14.9. The molecular formula is C19H16BrN3O2. The third kappa shape index (κ3) is 3.30. The molecule has 0 spiro atoms. The van der Waals surface area contributed by atoms with Gasteiger partial charge < -0.3 is 10.1 Å². The lowest BCUT2D eigenvalue weighted by Gasteiger charge is -2.13. The Morgan fingerprint density at radius 3 is 2.84 bits per heavy atom. The van der Waals surface area contributed by atoms with Crippen LogP contribution in [-0.2, 0) is 17.8 Å². The largest absolute Gasteiger partial charge is 0.480 e. The van der Waals surface area contributed by atoms with Crippen LogP contribution in [0.3, 0.4) is 0 Å². The van der Waals surface area contributed by atoms with Gasteiger partial charge in [-0.3, -0.25) is 4.79 Å². The number of para-hydroxylation sites is 1. The molecule has 0 radical (unpaired) electrons. The maximum Gasteiger partial charge on any atom is 0.266 e. The van der Waals surface area contributed by atoms with Gasteiger partial charge in [0.2, 0.25) is 0 Å². The van der Waals surface area contributed by atoms with Gasteiger partial charge in [-0.2, -0.15) is 5.10 Å². The van der Waals surface area contributed by atoms with Gasteiger partial charge in [-0.15, -0.1) is 0 Å². The number of nitrogens with zero attached hydrogens (tertiary/aromatic N) is 2. The quantitative estimate of drug-likeness (QED) is 0.730. The summed E-state index contributed by atoms with van der Waals surface area (Å²) in [6.45, 7) is 0.565. The SMILES string of the molecule is O=C(Nc1ccnn1Cc1ccccc1Br)C1Cc2ccccc2O1. The third-order valence-corrected chi connectivity index (χ3v) is 4.96. The highest BCUT2D eigenvalue weighted by Crippen LogP contribution is 2.28. The number of carbonyl (C=O) groups is 1. The van der Waals surface area contributed by atoms with Crippen molar-refractivity contribution in [3.05, 3.63) is 76.4 Å². The number of fused-ring (bicyclic) bond motifs is 1. The summed E-state index contributed by atoms with van der Waals surface area (Å²) < 4.78 is 8.52. The van der Waals surface area contributed by atoms with Gasteiger partial charge in [-0.25, -0.2) is 4.68 Å². The van der Waals surface area contributed by atoms with E-state index in [0.29, 0.717) is 18.8 Å². The van der Waals surface area contributed by atoms with Crippen LogP contribution in [0, 0.1) is 0 Å². The van der Waals surface area contributed by atoms with Crippen molar-refractivity contribution < 1.29 is 9.53 Å². The molecule has 2 heterocycles. The molecule has 1 aliphatic heterocycles. The van der Waals surface area contributed by atoms with E-state index in [1.807, 2.05) is 48.5 Å². The van der Waals surface area contributed by atoms with Gasteiger partial charge in [-0.1, -0.05) is 52.3 Å². The number of hydrogen-bond donors (Lipinski definition) is 1. The second-order valence-electron chi connectivity index (χ2n) is 5.87. The molecule has 1 unspecified atom stereocenters. The molecule has 1 aromatic heterocycles. The summed E-state index contributed by atoms with van der Waals surface area (Å²) in [5, 5.41) is 7.24. The van der Waals surface area contributed by atoms with Gasteiger partial charge in [-0.05, 0) is 23.3 Å². The zero-order valence-electron chi connectivity index (χ0n) is 13.4. The molecule has 0 saturated carbocycles. The first-order valence-corrected chi connectivity index (χ1v) is 8.80. The highest BCUT2D eigenvalue weighted by Gasteiger charge is 2.29. The van der Waals surface area contributed by atoms with Crippen molar-refractivity contribution in [2.75, 3.05) is 5.32 Å². The van der Waals surface area contributed by atoms with E-state index in [-0.39, 0.29) is 5.91 Å². The Labute approximate surface area is 153 Å². The number of aromatic nitrogens is 2. The zero-order chi connectivity index (χ0) is 17.2. The molecular weight excluding hydrogens is 382 g/mol. The predicted molar refractivity (Wildman–Crippen MR) is 98.7 cm³/mol. The van der Waals surface area contributed by atoms with Crippen LogP contribution >= 0.6 is 15.9 Å². The number of amides is 1. The van der Waals surface area contributed by atoms with Crippen LogP contribution in [0.25, 0.3) is 0 Å². The van der Waals surface area contributed by atoms with Gasteiger partial charge in [0.05, 0.1) is 12.7 Å². The molecule has 1 atom stereocenters. The number of halogens is 1. The van der Waals surface area contributed by atoms with Gasteiger partial charge in [0.25, 0.3) is 5.91 Å². The minimum absolute atomic E-state index is 0.162. The van der Waals surface area contributed by atoms with Gasteiger partial charge in [0.1, 0.15) is 11.6 Å². The fourth-order valence-electron chi connectivity index (χ4n) is 2.89. The number of rotatable bonds is 4. The Kier molecular flexibility index (Phi) is 4.28. The fraction of sp³-hybridized carbons (Fsp3) is 0.158. The first-order chi connectivity index (χ1) is 12.2. The molecule has 6 heteroatoms. The maximum absolute atomic E-state index is 12.6. The fourth-order valence-corrected chi connectivity index (χ4v) is 3.30. The Balaban J connectivity index is 1.47. The van der Waals surface area contributed by atoms with E-state index in [4.69, 9.17) is 4.74 Å². The smallest absolute Gasteiger partial charge is 0.266 e. The van der Waals surface area contributed by atoms with Gasteiger partial charge >= 0.3 is 0 Å².